The summed E-state index contributed by atoms with van der Waals surface area (Å²) in [5.74, 6) is 0.295. The normalized spacial score (nSPS) is 23.2. The summed E-state index contributed by atoms with van der Waals surface area (Å²) >= 11 is 0. The van der Waals surface area contributed by atoms with Crippen LogP contribution in [0.3, 0.4) is 0 Å². The predicted octanol–water partition coefficient (Wildman–Crippen LogP) is 3.11. The van der Waals surface area contributed by atoms with Crippen LogP contribution in [0.4, 0.5) is 5.69 Å². The van der Waals surface area contributed by atoms with E-state index in [1.54, 1.807) is 0 Å². The van der Waals surface area contributed by atoms with E-state index in [9.17, 15) is 4.79 Å². The molecule has 1 saturated carbocycles. The Labute approximate surface area is 139 Å². The molecule has 0 unspecified atom stereocenters. The van der Waals surface area contributed by atoms with Crippen molar-refractivity contribution in [1.29, 1.82) is 0 Å². The van der Waals surface area contributed by atoms with Gasteiger partial charge in [0.05, 0.1) is 11.2 Å². The third kappa shape index (κ3) is 3.31. The molecule has 0 bridgehead atoms. The van der Waals surface area contributed by atoms with E-state index in [1.165, 1.54) is 0 Å². The fraction of sp³-hybridized carbons (Fsp3) is 0.611. The van der Waals surface area contributed by atoms with Gasteiger partial charge >= 0.3 is 7.12 Å². The van der Waals surface area contributed by atoms with Crippen molar-refractivity contribution in [2.24, 2.45) is 5.92 Å². The van der Waals surface area contributed by atoms with E-state index < -0.39 is 7.12 Å². The highest BCUT2D eigenvalue weighted by Gasteiger charge is 2.51. The standard InChI is InChI=1S/C18H26BNO3/c1-17(2)18(3,4)23-19(22-17)14-10-7-11-15(12-14)20-16(21)13-8-5-6-9-13/h7,10-13H,5-6,8-9H2,1-4H3,(H,20,21). The number of hydrogen-bond donors (Lipinski definition) is 1. The van der Waals surface area contributed by atoms with Crippen LogP contribution >= 0.6 is 0 Å². The predicted molar refractivity (Wildman–Crippen MR) is 92.7 cm³/mol. The SMILES string of the molecule is CC1(C)OB(c2cccc(NC(=O)C3CCCC3)c2)OC1(C)C. The Morgan fingerprint density at radius 2 is 1.74 bits per heavy atom. The van der Waals surface area contributed by atoms with Crippen molar-refractivity contribution in [3.8, 4) is 0 Å². The Bertz CT molecular complexity index is 578. The van der Waals surface area contributed by atoms with Crippen LogP contribution in [-0.2, 0) is 14.1 Å². The second kappa shape index (κ2) is 5.95. The summed E-state index contributed by atoms with van der Waals surface area (Å²) < 4.78 is 12.1. The zero-order valence-corrected chi connectivity index (χ0v) is 14.5. The van der Waals surface area contributed by atoms with E-state index in [0.29, 0.717) is 0 Å². The Morgan fingerprint density at radius 1 is 1.13 bits per heavy atom. The number of nitrogens with one attached hydrogen (secondary N) is 1. The van der Waals surface area contributed by atoms with Crippen LogP contribution in [0.15, 0.2) is 24.3 Å². The van der Waals surface area contributed by atoms with Gasteiger partial charge in [0, 0.05) is 11.6 Å². The summed E-state index contributed by atoms with van der Waals surface area (Å²) in [7, 11) is -0.400. The molecule has 0 atom stereocenters. The average molecular weight is 315 g/mol. The summed E-state index contributed by atoms with van der Waals surface area (Å²) in [6.07, 6.45) is 4.32. The maximum Gasteiger partial charge on any atom is 0.494 e. The van der Waals surface area contributed by atoms with Gasteiger partial charge in [0.25, 0.3) is 0 Å². The zero-order chi connectivity index (χ0) is 16.7. The molecule has 2 fully saturated rings. The first-order valence-electron chi connectivity index (χ1n) is 8.55. The van der Waals surface area contributed by atoms with Gasteiger partial charge in [-0.15, -0.1) is 0 Å². The molecule has 2 aliphatic rings. The van der Waals surface area contributed by atoms with E-state index in [-0.39, 0.29) is 23.0 Å². The first kappa shape index (κ1) is 16.5. The largest absolute Gasteiger partial charge is 0.494 e. The molecule has 0 radical (unpaired) electrons. The second-order valence-electron chi connectivity index (χ2n) is 7.68. The Balaban J connectivity index is 1.72. The van der Waals surface area contributed by atoms with Gasteiger partial charge in [0.2, 0.25) is 5.91 Å². The molecular formula is C18H26BNO3. The molecule has 1 aromatic carbocycles. The van der Waals surface area contributed by atoms with E-state index in [0.717, 1.165) is 36.8 Å². The highest BCUT2D eigenvalue weighted by molar-refractivity contribution is 6.62. The van der Waals surface area contributed by atoms with Crippen molar-refractivity contribution in [2.45, 2.75) is 64.6 Å². The second-order valence-corrected chi connectivity index (χ2v) is 7.68. The van der Waals surface area contributed by atoms with Crippen LogP contribution < -0.4 is 10.8 Å². The minimum Gasteiger partial charge on any atom is -0.399 e. The lowest BCUT2D eigenvalue weighted by atomic mass is 9.79. The van der Waals surface area contributed by atoms with Crippen LogP contribution in [0.5, 0.6) is 0 Å². The van der Waals surface area contributed by atoms with Crippen LogP contribution in [0.25, 0.3) is 0 Å². The number of carbonyl (C=O) groups is 1. The van der Waals surface area contributed by atoms with Crippen molar-refractivity contribution < 1.29 is 14.1 Å². The van der Waals surface area contributed by atoms with Crippen molar-refractivity contribution >= 4 is 24.2 Å². The molecule has 1 heterocycles. The van der Waals surface area contributed by atoms with Gasteiger partial charge in [-0.3, -0.25) is 4.79 Å². The summed E-state index contributed by atoms with van der Waals surface area (Å²) in [4.78, 5) is 12.3. The lowest BCUT2D eigenvalue weighted by Gasteiger charge is -2.32. The fourth-order valence-corrected chi connectivity index (χ4v) is 3.17. The third-order valence-electron chi connectivity index (χ3n) is 5.41. The molecule has 1 aliphatic heterocycles. The Morgan fingerprint density at radius 3 is 2.35 bits per heavy atom. The van der Waals surface area contributed by atoms with Gasteiger partial charge in [0.1, 0.15) is 0 Å². The summed E-state index contributed by atoms with van der Waals surface area (Å²) in [6.45, 7) is 8.16. The van der Waals surface area contributed by atoms with E-state index in [1.807, 2.05) is 52.0 Å². The number of hydrogen-bond acceptors (Lipinski definition) is 3. The molecule has 1 amide bonds. The number of benzene rings is 1. The average Bonchev–Trinajstić information content (AvgIpc) is 3.06. The fourth-order valence-electron chi connectivity index (χ4n) is 3.17. The van der Waals surface area contributed by atoms with Crippen molar-refractivity contribution in [2.75, 3.05) is 5.32 Å². The maximum absolute atomic E-state index is 12.3. The summed E-state index contributed by atoms with van der Waals surface area (Å²) in [5.41, 5.74) is 1.03. The number of rotatable bonds is 3. The van der Waals surface area contributed by atoms with Gasteiger partial charge in [-0.1, -0.05) is 25.0 Å². The highest BCUT2D eigenvalue weighted by Crippen LogP contribution is 2.36. The molecule has 1 N–H and O–H groups in total. The molecule has 124 valence electrons. The first-order chi connectivity index (χ1) is 10.8. The lowest BCUT2D eigenvalue weighted by molar-refractivity contribution is -0.119. The number of anilines is 1. The smallest absolute Gasteiger partial charge is 0.399 e. The molecule has 1 aromatic rings. The molecule has 1 saturated heterocycles. The summed E-state index contributed by atoms with van der Waals surface area (Å²) in [5, 5.41) is 3.04. The number of carbonyl (C=O) groups excluding carboxylic acids is 1. The summed E-state index contributed by atoms with van der Waals surface area (Å²) in [6, 6.07) is 7.79. The van der Waals surface area contributed by atoms with E-state index in [4.69, 9.17) is 9.31 Å². The van der Waals surface area contributed by atoms with Crippen molar-refractivity contribution in [1.82, 2.24) is 0 Å². The third-order valence-corrected chi connectivity index (χ3v) is 5.41. The highest BCUT2D eigenvalue weighted by atomic mass is 16.7. The van der Waals surface area contributed by atoms with Crippen LogP contribution in [0.2, 0.25) is 0 Å². The topological polar surface area (TPSA) is 47.6 Å². The molecule has 5 heteroatoms. The molecule has 0 aromatic heterocycles. The van der Waals surface area contributed by atoms with E-state index >= 15 is 0 Å². The molecule has 4 nitrogen and oxygen atoms in total. The molecule has 23 heavy (non-hydrogen) atoms. The van der Waals surface area contributed by atoms with Crippen LogP contribution in [-0.4, -0.2) is 24.2 Å². The van der Waals surface area contributed by atoms with Gasteiger partial charge in [-0.05, 0) is 58.1 Å². The number of amides is 1. The Hall–Kier alpha value is -1.33. The van der Waals surface area contributed by atoms with Gasteiger partial charge in [-0.25, -0.2) is 0 Å². The first-order valence-corrected chi connectivity index (χ1v) is 8.55. The van der Waals surface area contributed by atoms with Gasteiger partial charge in [-0.2, -0.15) is 0 Å². The maximum atomic E-state index is 12.3. The Kier molecular flexibility index (Phi) is 4.28. The van der Waals surface area contributed by atoms with E-state index in [2.05, 4.69) is 5.32 Å². The monoisotopic (exact) mass is 315 g/mol. The zero-order valence-electron chi connectivity index (χ0n) is 14.5. The molecule has 3 rings (SSSR count). The minimum atomic E-state index is -0.400. The van der Waals surface area contributed by atoms with Crippen LogP contribution in [0.1, 0.15) is 53.4 Å². The lowest BCUT2D eigenvalue weighted by Crippen LogP contribution is -2.41. The minimum absolute atomic E-state index is 0.133. The van der Waals surface area contributed by atoms with Gasteiger partial charge in [0.15, 0.2) is 0 Å². The van der Waals surface area contributed by atoms with Gasteiger partial charge < -0.3 is 14.6 Å². The molecule has 0 spiro atoms. The molecular weight excluding hydrogens is 289 g/mol. The van der Waals surface area contributed by atoms with Crippen LogP contribution in [0, 0.1) is 5.92 Å². The van der Waals surface area contributed by atoms with Crippen molar-refractivity contribution in [3.05, 3.63) is 24.3 Å². The van der Waals surface area contributed by atoms with Crippen molar-refractivity contribution in [3.63, 3.8) is 0 Å². The molecule has 1 aliphatic carbocycles. The quantitative estimate of drug-likeness (QED) is 0.872.